The standard InChI is InChI=1S/C18H14Cl2N2O3S/c1-11-3-2-4-13(7-11)24-9-17-21-22-18(25-17)26-10-16(23)12-5-6-14(19)15(20)8-12/h2-8H,9-10H2,1H3. The molecule has 0 bridgehead atoms. The number of nitrogens with zero attached hydrogens (tertiary/aromatic N) is 2. The van der Waals surface area contributed by atoms with Crippen molar-refractivity contribution in [3.63, 3.8) is 0 Å². The second-order valence-electron chi connectivity index (χ2n) is 5.41. The molecule has 0 radical (unpaired) electrons. The summed E-state index contributed by atoms with van der Waals surface area (Å²) in [5.41, 5.74) is 1.58. The summed E-state index contributed by atoms with van der Waals surface area (Å²) in [6.07, 6.45) is 0. The highest BCUT2D eigenvalue weighted by Gasteiger charge is 2.13. The molecule has 8 heteroatoms. The molecule has 3 aromatic rings. The Bertz CT molecular complexity index is 930. The fraction of sp³-hybridized carbons (Fsp3) is 0.167. The van der Waals surface area contributed by atoms with Crippen molar-refractivity contribution in [3.8, 4) is 5.75 Å². The highest BCUT2D eigenvalue weighted by atomic mass is 35.5. The van der Waals surface area contributed by atoms with Gasteiger partial charge in [0, 0.05) is 5.56 Å². The van der Waals surface area contributed by atoms with Crippen molar-refractivity contribution in [1.82, 2.24) is 10.2 Å². The topological polar surface area (TPSA) is 65.2 Å². The van der Waals surface area contributed by atoms with E-state index in [1.807, 2.05) is 31.2 Å². The number of ether oxygens (including phenoxy) is 1. The minimum absolute atomic E-state index is 0.107. The van der Waals surface area contributed by atoms with Crippen LogP contribution >= 0.6 is 35.0 Å². The lowest BCUT2D eigenvalue weighted by molar-refractivity contribution is 0.102. The molecule has 1 aromatic heterocycles. The molecule has 0 atom stereocenters. The SMILES string of the molecule is Cc1cccc(OCc2nnc(SCC(=O)c3ccc(Cl)c(Cl)c3)o2)c1. The van der Waals surface area contributed by atoms with Crippen LogP contribution in [0.3, 0.4) is 0 Å². The van der Waals surface area contributed by atoms with Crippen LogP contribution in [0.1, 0.15) is 21.8 Å². The summed E-state index contributed by atoms with van der Waals surface area (Å²) < 4.78 is 11.1. The number of carbonyl (C=O) groups is 1. The van der Waals surface area contributed by atoms with E-state index in [9.17, 15) is 4.79 Å². The summed E-state index contributed by atoms with van der Waals surface area (Å²) in [6.45, 7) is 2.15. The number of rotatable bonds is 7. The average molecular weight is 409 g/mol. The molecule has 0 fully saturated rings. The number of carbonyl (C=O) groups excluding carboxylic acids is 1. The molecule has 1 heterocycles. The molecule has 0 aliphatic rings. The molecule has 0 saturated heterocycles. The largest absolute Gasteiger partial charge is 0.484 e. The van der Waals surface area contributed by atoms with Gasteiger partial charge in [0.2, 0.25) is 0 Å². The zero-order valence-electron chi connectivity index (χ0n) is 13.7. The summed E-state index contributed by atoms with van der Waals surface area (Å²) >= 11 is 12.9. The van der Waals surface area contributed by atoms with Crippen LogP contribution in [0.5, 0.6) is 5.75 Å². The van der Waals surface area contributed by atoms with E-state index in [-0.39, 0.29) is 18.1 Å². The highest BCUT2D eigenvalue weighted by Crippen LogP contribution is 2.24. The van der Waals surface area contributed by atoms with Crippen LogP contribution in [0.4, 0.5) is 0 Å². The molecule has 3 rings (SSSR count). The quantitative estimate of drug-likeness (QED) is 0.393. The van der Waals surface area contributed by atoms with E-state index >= 15 is 0 Å². The monoisotopic (exact) mass is 408 g/mol. The Balaban J connectivity index is 1.53. The van der Waals surface area contributed by atoms with Gasteiger partial charge in [-0.1, -0.05) is 47.1 Å². The van der Waals surface area contributed by atoms with Crippen molar-refractivity contribution in [1.29, 1.82) is 0 Å². The van der Waals surface area contributed by atoms with Crippen LogP contribution in [0.2, 0.25) is 10.0 Å². The first kappa shape index (κ1) is 18.8. The number of aryl methyl sites for hydroxylation is 1. The Morgan fingerprint density at radius 2 is 2.00 bits per heavy atom. The second-order valence-corrected chi connectivity index (χ2v) is 7.15. The normalized spacial score (nSPS) is 10.7. The summed E-state index contributed by atoms with van der Waals surface area (Å²) in [7, 11) is 0. The smallest absolute Gasteiger partial charge is 0.277 e. The number of hydrogen-bond acceptors (Lipinski definition) is 6. The highest BCUT2D eigenvalue weighted by molar-refractivity contribution is 7.99. The van der Waals surface area contributed by atoms with E-state index in [4.69, 9.17) is 32.4 Å². The molecule has 134 valence electrons. The Hall–Kier alpha value is -2.02. The third-order valence-electron chi connectivity index (χ3n) is 3.37. The van der Waals surface area contributed by atoms with E-state index in [1.165, 1.54) is 0 Å². The number of halogens is 2. The number of Topliss-reactive ketones (excluding diaryl/α,β-unsaturated/α-hetero) is 1. The van der Waals surface area contributed by atoms with E-state index in [0.717, 1.165) is 23.1 Å². The maximum absolute atomic E-state index is 12.2. The van der Waals surface area contributed by atoms with E-state index in [2.05, 4.69) is 10.2 Å². The first-order valence-corrected chi connectivity index (χ1v) is 9.38. The lowest BCUT2D eigenvalue weighted by atomic mass is 10.1. The molecule has 0 aliphatic carbocycles. The lowest BCUT2D eigenvalue weighted by Crippen LogP contribution is -2.02. The van der Waals surface area contributed by atoms with Gasteiger partial charge in [0.25, 0.3) is 11.1 Å². The van der Waals surface area contributed by atoms with Crippen LogP contribution in [0.25, 0.3) is 0 Å². The number of thioether (sulfide) groups is 1. The molecule has 0 amide bonds. The maximum atomic E-state index is 12.2. The minimum atomic E-state index is -0.107. The van der Waals surface area contributed by atoms with Gasteiger partial charge in [-0.25, -0.2) is 0 Å². The predicted molar refractivity (Wildman–Crippen MR) is 101 cm³/mol. The molecular weight excluding hydrogens is 395 g/mol. The minimum Gasteiger partial charge on any atom is -0.484 e. The van der Waals surface area contributed by atoms with Gasteiger partial charge in [-0.2, -0.15) is 0 Å². The van der Waals surface area contributed by atoms with Gasteiger partial charge >= 0.3 is 0 Å². The molecule has 5 nitrogen and oxygen atoms in total. The van der Waals surface area contributed by atoms with Gasteiger partial charge in [0.1, 0.15) is 5.75 Å². The van der Waals surface area contributed by atoms with Crippen molar-refractivity contribution < 1.29 is 13.9 Å². The molecule has 26 heavy (non-hydrogen) atoms. The summed E-state index contributed by atoms with van der Waals surface area (Å²) in [5, 5.41) is 8.89. The van der Waals surface area contributed by atoms with Gasteiger partial charge < -0.3 is 9.15 Å². The number of benzene rings is 2. The molecule has 0 saturated carbocycles. The third kappa shape index (κ3) is 5.00. The molecule has 0 spiro atoms. The number of aromatic nitrogens is 2. The summed E-state index contributed by atoms with van der Waals surface area (Å²) in [5.74, 6) is 1.12. The lowest BCUT2D eigenvalue weighted by Gasteiger charge is -2.03. The van der Waals surface area contributed by atoms with Gasteiger partial charge in [0.15, 0.2) is 12.4 Å². The van der Waals surface area contributed by atoms with Gasteiger partial charge in [0.05, 0.1) is 15.8 Å². The van der Waals surface area contributed by atoms with Gasteiger partial charge in [-0.05, 0) is 42.8 Å². The van der Waals surface area contributed by atoms with E-state index in [1.54, 1.807) is 18.2 Å². The summed E-state index contributed by atoms with van der Waals surface area (Å²) in [6, 6.07) is 12.4. The van der Waals surface area contributed by atoms with Crippen molar-refractivity contribution in [2.24, 2.45) is 0 Å². The Morgan fingerprint density at radius 3 is 2.77 bits per heavy atom. The van der Waals surface area contributed by atoms with Crippen molar-refractivity contribution >= 4 is 40.7 Å². The molecule has 0 aliphatic heterocycles. The fourth-order valence-electron chi connectivity index (χ4n) is 2.09. The molecule has 2 aromatic carbocycles. The van der Waals surface area contributed by atoms with Gasteiger partial charge in [-0.3, -0.25) is 4.79 Å². The zero-order chi connectivity index (χ0) is 18.5. The molecule has 0 unspecified atom stereocenters. The fourth-order valence-corrected chi connectivity index (χ4v) is 3.06. The van der Waals surface area contributed by atoms with Crippen molar-refractivity contribution in [3.05, 3.63) is 69.5 Å². The predicted octanol–water partition coefficient (Wildman–Crippen LogP) is 5.24. The number of ketones is 1. The maximum Gasteiger partial charge on any atom is 0.277 e. The first-order valence-electron chi connectivity index (χ1n) is 7.64. The molecule has 0 N–H and O–H groups in total. The van der Waals surface area contributed by atoms with Crippen molar-refractivity contribution in [2.45, 2.75) is 18.8 Å². The van der Waals surface area contributed by atoms with Crippen LogP contribution in [-0.2, 0) is 6.61 Å². The zero-order valence-corrected chi connectivity index (χ0v) is 16.1. The second kappa shape index (κ2) is 8.58. The first-order chi connectivity index (χ1) is 12.5. The average Bonchev–Trinajstić information content (AvgIpc) is 3.08. The van der Waals surface area contributed by atoms with Crippen LogP contribution in [0, 0.1) is 6.92 Å². The molecular formula is C18H14Cl2N2O3S. The Labute approximate surface area is 164 Å². The Kier molecular flexibility index (Phi) is 6.19. The summed E-state index contributed by atoms with van der Waals surface area (Å²) in [4.78, 5) is 12.2. The van der Waals surface area contributed by atoms with Crippen molar-refractivity contribution in [2.75, 3.05) is 5.75 Å². The van der Waals surface area contributed by atoms with E-state index < -0.39 is 0 Å². The third-order valence-corrected chi connectivity index (χ3v) is 4.93. The van der Waals surface area contributed by atoms with Crippen LogP contribution in [-0.4, -0.2) is 21.7 Å². The Morgan fingerprint density at radius 1 is 1.15 bits per heavy atom. The van der Waals surface area contributed by atoms with Gasteiger partial charge in [-0.15, -0.1) is 10.2 Å². The van der Waals surface area contributed by atoms with Crippen LogP contribution in [0.15, 0.2) is 52.1 Å². The van der Waals surface area contributed by atoms with Crippen LogP contribution < -0.4 is 4.74 Å². The number of hydrogen-bond donors (Lipinski definition) is 0. The van der Waals surface area contributed by atoms with E-state index in [0.29, 0.717) is 26.7 Å².